The van der Waals surface area contributed by atoms with Crippen LogP contribution in [0.2, 0.25) is 0 Å². The summed E-state index contributed by atoms with van der Waals surface area (Å²) >= 11 is 0.693. The maximum Gasteiger partial charge on any atom is 0.433 e. The lowest BCUT2D eigenvalue weighted by molar-refractivity contribution is -0.141. The number of hydrogen-bond acceptors (Lipinski definition) is 6. The maximum absolute atomic E-state index is 12.9. The minimum absolute atomic E-state index is 0.0172. The normalized spacial score (nSPS) is 12.5. The van der Waals surface area contributed by atoms with E-state index in [4.69, 9.17) is 0 Å². The zero-order chi connectivity index (χ0) is 16.8. The van der Waals surface area contributed by atoms with E-state index < -0.39 is 24.1 Å². The molecule has 0 aliphatic rings. The predicted octanol–water partition coefficient (Wildman–Crippen LogP) is 2.36. The van der Waals surface area contributed by atoms with Crippen LogP contribution in [0.4, 0.5) is 22.0 Å². The molecule has 0 aliphatic carbocycles. The lowest BCUT2D eigenvalue weighted by atomic mass is 10.4. The Labute approximate surface area is 128 Å². The summed E-state index contributed by atoms with van der Waals surface area (Å²) in [5, 5.41) is 10.6. The van der Waals surface area contributed by atoms with Gasteiger partial charge in [-0.3, -0.25) is 0 Å². The molecule has 122 valence electrons. The average molecular weight is 351 g/mol. The molecule has 0 bridgehead atoms. The molecule has 0 atom stereocenters. The van der Waals surface area contributed by atoms with Crippen molar-refractivity contribution >= 4 is 17.5 Å². The lowest BCUT2D eigenvalue weighted by Crippen LogP contribution is -2.11. The van der Waals surface area contributed by atoms with Gasteiger partial charge in [-0.2, -0.15) is 27.8 Å². The summed E-state index contributed by atoms with van der Waals surface area (Å²) in [6.07, 6.45) is -6.50. The van der Waals surface area contributed by atoms with Crippen LogP contribution in [-0.2, 0) is 13.2 Å². The van der Waals surface area contributed by atoms with Gasteiger partial charge in [-0.05, 0) is 11.8 Å². The molecule has 13 heteroatoms. The molecule has 3 heterocycles. The van der Waals surface area contributed by atoms with E-state index in [1.807, 2.05) is 0 Å². The first-order chi connectivity index (χ1) is 10.8. The highest BCUT2D eigenvalue weighted by Crippen LogP contribution is 2.33. The third kappa shape index (κ3) is 2.83. The smallest absolute Gasteiger partial charge is 0.304 e. The minimum Gasteiger partial charge on any atom is -0.304 e. The molecule has 3 aromatic rings. The van der Waals surface area contributed by atoms with Gasteiger partial charge in [-0.1, -0.05) is 0 Å². The molecule has 7 nitrogen and oxygen atoms in total. The maximum atomic E-state index is 12.9. The number of nitrogens with zero attached hydrogens (tertiary/aromatic N) is 7. The Bertz CT molecular complexity index is 855. The van der Waals surface area contributed by atoms with Crippen LogP contribution in [0.15, 0.2) is 22.6 Å². The molecule has 3 rings (SSSR count). The van der Waals surface area contributed by atoms with Gasteiger partial charge in [0.25, 0.3) is 12.2 Å². The molecule has 3 aromatic heterocycles. The van der Waals surface area contributed by atoms with Crippen molar-refractivity contribution in [1.82, 2.24) is 34.3 Å². The quantitative estimate of drug-likeness (QED) is 0.533. The largest absolute Gasteiger partial charge is 0.433 e. The van der Waals surface area contributed by atoms with E-state index >= 15 is 0 Å². The number of alkyl halides is 5. The van der Waals surface area contributed by atoms with E-state index in [0.717, 1.165) is 21.5 Å². The van der Waals surface area contributed by atoms with Gasteiger partial charge in [0.15, 0.2) is 10.9 Å². The first-order valence-electron chi connectivity index (χ1n) is 5.90. The molecule has 0 unspecified atom stereocenters. The number of hydrogen-bond donors (Lipinski definition) is 0. The summed E-state index contributed by atoms with van der Waals surface area (Å²) in [6, 6.07) is 0.739. The third-order valence-corrected chi connectivity index (χ3v) is 3.81. The third-order valence-electron chi connectivity index (χ3n) is 2.77. The Kier molecular flexibility index (Phi) is 3.66. The Morgan fingerprint density at radius 1 is 1.22 bits per heavy atom. The topological polar surface area (TPSA) is 73.8 Å². The highest BCUT2D eigenvalue weighted by atomic mass is 32.2. The Balaban J connectivity index is 2.07. The van der Waals surface area contributed by atoms with E-state index in [9.17, 15) is 22.0 Å². The number of halogens is 5. The summed E-state index contributed by atoms with van der Waals surface area (Å²) in [4.78, 5) is 6.97. The Morgan fingerprint density at radius 3 is 2.57 bits per heavy atom. The minimum atomic E-state index is -4.68. The van der Waals surface area contributed by atoms with Gasteiger partial charge in [0.2, 0.25) is 5.82 Å². The van der Waals surface area contributed by atoms with Crippen LogP contribution >= 0.6 is 11.8 Å². The molecule has 0 radical (unpaired) electrons. The standard InChI is InChI=1S/C10H6F5N7S/c1-21-7(6(11)12)19-20-9(21)23-5-2-4(10(13,14)15)18-8-16-3-17-22(5)8/h2-3,6H,1H3. The molecule has 0 saturated carbocycles. The molecule has 0 aromatic carbocycles. The fraction of sp³-hybridized carbons (Fsp3) is 0.300. The van der Waals surface area contributed by atoms with Gasteiger partial charge >= 0.3 is 6.18 Å². The molecule has 0 N–H and O–H groups in total. The summed E-state index contributed by atoms with van der Waals surface area (Å²) in [5.41, 5.74) is -1.17. The summed E-state index contributed by atoms with van der Waals surface area (Å²) in [6.45, 7) is 0. The summed E-state index contributed by atoms with van der Waals surface area (Å²) in [5.74, 6) is -0.856. The van der Waals surface area contributed by atoms with Crippen molar-refractivity contribution < 1.29 is 22.0 Å². The van der Waals surface area contributed by atoms with Gasteiger partial charge in [0.1, 0.15) is 11.4 Å². The second-order valence-electron chi connectivity index (χ2n) is 4.25. The fourth-order valence-corrected chi connectivity index (χ4v) is 2.59. The first-order valence-corrected chi connectivity index (χ1v) is 6.72. The molecular weight excluding hydrogens is 345 g/mol. The van der Waals surface area contributed by atoms with Crippen molar-refractivity contribution in [3.8, 4) is 0 Å². The van der Waals surface area contributed by atoms with Crippen molar-refractivity contribution in [2.45, 2.75) is 22.8 Å². The first kappa shape index (κ1) is 15.6. The van der Waals surface area contributed by atoms with Crippen molar-refractivity contribution in [1.29, 1.82) is 0 Å². The molecule has 0 saturated heterocycles. The number of fused-ring (bicyclic) bond motifs is 1. The van der Waals surface area contributed by atoms with Crippen LogP contribution in [0, 0.1) is 0 Å². The second-order valence-corrected chi connectivity index (χ2v) is 5.24. The van der Waals surface area contributed by atoms with Gasteiger partial charge in [0, 0.05) is 13.1 Å². The van der Waals surface area contributed by atoms with Crippen LogP contribution in [-0.4, -0.2) is 34.3 Å². The molecule has 0 amide bonds. The van der Waals surface area contributed by atoms with Crippen molar-refractivity contribution in [2.24, 2.45) is 7.05 Å². The van der Waals surface area contributed by atoms with Gasteiger partial charge in [-0.25, -0.2) is 13.8 Å². The van der Waals surface area contributed by atoms with Crippen LogP contribution < -0.4 is 0 Å². The fourth-order valence-electron chi connectivity index (χ4n) is 1.70. The molecule has 0 fully saturated rings. The molecule has 0 aliphatic heterocycles. The average Bonchev–Trinajstić information content (AvgIpc) is 3.05. The SMILES string of the molecule is Cn1c(Sc2cc(C(F)(F)F)nc3ncnn23)nnc1C(F)F. The van der Waals surface area contributed by atoms with Crippen LogP contribution in [0.1, 0.15) is 17.9 Å². The second kappa shape index (κ2) is 5.40. The van der Waals surface area contributed by atoms with Crippen molar-refractivity contribution in [3.63, 3.8) is 0 Å². The van der Waals surface area contributed by atoms with Crippen LogP contribution in [0.5, 0.6) is 0 Å². The van der Waals surface area contributed by atoms with Crippen molar-refractivity contribution in [3.05, 3.63) is 23.9 Å². The summed E-state index contributed by atoms with van der Waals surface area (Å²) < 4.78 is 66.0. The van der Waals surface area contributed by atoms with E-state index in [1.165, 1.54) is 7.05 Å². The predicted molar refractivity (Wildman–Crippen MR) is 65.9 cm³/mol. The highest BCUT2D eigenvalue weighted by molar-refractivity contribution is 7.99. The van der Waals surface area contributed by atoms with Gasteiger partial charge in [0.05, 0.1) is 0 Å². The highest BCUT2D eigenvalue weighted by Gasteiger charge is 2.34. The lowest BCUT2D eigenvalue weighted by Gasteiger charge is -2.09. The molecule has 23 heavy (non-hydrogen) atoms. The van der Waals surface area contributed by atoms with E-state index in [-0.39, 0.29) is 16.0 Å². The number of aromatic nitrogens is 7. The van der Waals surface area contributed by atoms with Crippen LogP contribution in [0.3, 0.4) is 0 Å². The van der Waals surface area contributed by atoms with E-state index in [2.05, 4.69) is 25.3 Å². The Hall–Kier alpha value is -2.31. The van der Waals surface area contributed by atoms with E-state index in [1.54, 1.807) is 0 Å². The number of rotatable bonds is 3. The van der Waals surface area contributed by atoms with Gasteiger partial charge in [-0.15, -0.1) is 10.2 Å². The zero-order valence-corrected chi connectivity index (χ0v) is 12.0. The molecular formula is C10H6F5N7S. The monoisotopic (exact) mass is 351 g/mol. The summed E-state index contributed by atoms with van der Waals surface area (Å²) in [7, 11) is 1.29. The Morgan fingerprint density at radius 2 is 1.96 bits per heavy atom. The van der Waals surface area contributed by atoms with E-state index in [0.29, 0.717) is 11.8 Å². The van der Waals surface area contributed by atoms with Gasteiger partial charge < -0.3 is 4.57 Å². The van der Waals surface area contributed by atoms with Crippen LogP contribution in [0.25, 0.3) is 5.78 Å². The zero-order valence-electron chi connectivity index (χ0n) is 11.2. The van der Waals surface area contributed by atoms with Crippen molar-refractivity contribution in [2.75, 3.05) is 0 Å². The molecule has 0 spiro atoms.